The molecule has 17 heavy (non-hydrogen) atoms. The first-order valence-corrected chi connectivity index (χ1v) is 6.08. The molecule has 1 aliphatic rings. The third-order valence-electron chi connectivity index (χ3n) is 2.84. The van der Waals surface area contributed by atoms with Crippen LogP contribution in [-0.4, -0.2) is 5.71 Å². The smallest absolute Gasteiger partial charge is 0.0637 e. The molecular weight excluding hydrogens is 206 g/mol. The number of benzene rings is 1. The lowest BCUT2D eigenvalue weighted by Gasteiger charge is -2.18. The molecule has 1 aromatic rings. The zero-order valence-corrected chi connectivity index (χ0v) is 10.8. The number of hydrogen-bond acceptors (Lipinski definition) is 1. The molecule has 1 aliphatic carbocycles. The minimum atomic E-state index is 0.205. The van der Waals surface area contributed by atoms with Gasteiger partial charge in [-0.05, 0) is 41.7 Å². The molecule has 0 saturated heterocycles. The van der Waals surface area contributed by atoms with Gasteiger partial charge in [0, 0.05) is 0 Å². The Morgan fingerprint density at radius 2 is 1.53 bits per heavy atom. The Bertz CT molecular complexity index is 453. The van der Waals surface area contributed by atoms with Gasteiger partial charge in [0.2, 0.25) is 0 Å². The van der Waals surface area contributed by atoms with Crippen LogP contribution in [0.5, 0.6) is 0 Å². The fourth-order valence-electron chi connectivity index (χ4n) is 1.77. The third-order valence-corrected chi connectivity index (χ3v) is 2.84. The van der Waals surface area contributed by atoms with Crippen LogP contribution in [0, 0.1) is 0 Å². The van der Waals surface area contributed by atoms with Gasteiger partial charge in [0.05, 0.1) is 11.4 Å². The fraction of sp³-hybridized carbons (Fsp3) is 0.312. The van der Waals surface area contributed by atoms with Crippen molar-refractivity contribution in [2.45, 2.75) is 32.6 Å². The van der Waals surface area contributed by atoms with Crippen molar-refractivity contribution in [3.63, 3.8) is 0 Å². The van der Waals surface area contributed by atoms with Crippen molar-refractivity contribution in [1.82, 2.24) is 0 Å². The van der Waals surface area contributed by atoms with Gasteiger partial charge in [-0.3, -0.25) is 0 Å². The Hall–Kier alpha value is -1.63. The summed E-state index contributed by atoms with van der Waals surface area (Å²) in [4.78, 5) is 4.58. The van der Waals surface area contributed by atoms with Crippen molar-refractivity contribution in [2.75, 3.05) is 0 Å². The van der Waals surface area contributed by atoms with Crippen LogP contribution in [-0.2, 0) is 5.41 Å². The zero-order chi connectivity index (χ0) is 12.3. The predicted octanol–water partition coefficient (Wildman–Crippen LogP) is 4.57. The van der Waals surface area contributed by atoms with Gasteiger partial charge in [-0.2, -0.15) is 0 Å². The number of rotatable bonds is 1. The second-order valence-corrected chi connectivity index (χ2v) is 5.37. The summed E-state index contributed by atoms with van der Waals surface area (Å²) in [6.45, 7) is 6.67. The fourth-order valence-corrected chi connectivity index (χ4v) is 1.77. The van der Waals surface area contributed by atoms with Crippen molar-refractivity contribution in [1.29, 1.82) is 0 Å². The molecule has 1 heteroatoms. The second kappa shape index (κ2) is 4.70. The Labute approximate surface area is 104 Å². The predicted molar refractivity (Wildman–Crippen MR) is 75.1 cm³/mol. The van der Waals surface area contributed by atoms with Gasteiger partial charge in [-0.15, -0.1) is 0 Å². The summed E-state index contributed by atoms with van der Waals surface area (Å²) in [6.07, 6.45) is 9.40. The van der Waals surface area contributed by atoms with Crippen LogP contribution in [0.1, 0.15) is 32.8 Å². The Morgan fingerprint density at radius 1 is 0.941 bits per heavy atom. The molecule has 0 aromatic heterocycles. The molecule has 0 spiro atoms. The summed E-state index contributed by atoms with van der Waals surface area (Å²) >= 11 is 0. The average Bonchev–Trinajstić information content (AvgIpc) is 2.30. The average molecular weight is 225 g/mol. The van der Waals surface area contributed by atoms with E-state index in [0.29, 0.717) is 0 Å². The standard InChI is InChI=1S/C16H19N/c1-16(2,3)13-9-11-15(12-10-13)17-14-7-5-4-6-8-14/h5-12H,4H2,1-3H3. The van der Waals surface area contributed by atoms with E-state index in [4.69, 9.17) is 0 Å². The quantitative estimate of drug-likeness (QED) is 0.663. The van der Waals surface area contributed by atoms with Crippen LogP contribution in [0.3, 0.4) is 0 Å². The maximum atomic E-state index is 4.58. The summed E-state index contributed by atoms with van der Waals surface area (Å²) in [5.74, 6) is 0. The highest BCUT2D eigenvalue weighted by molar-refractivity contribution is 6.06. The molecule has 2 rings (SSSR count). The van der Waals surface area contributed by atoms with Crippen LogP contribution < -0.4 is 0 Å². The molecule has 1 aromatic carbocycles. The molecule has 0 radical (unpaired) electrons. The van der Waals surface area contributed by atoms with Crippen LogP contribution in [0.15, 0.2) is 53.6 Å². The highest BCUT2D eigenvalue weighted by Gasteiger charge is 2.12. The van der Waals surface area contributed by atoms with Crippen LogP contribution in [0.4, 0.5) is 5.69 Å². The van der Waals surface area contributed by atoms with E-state index >= 15 is 0 Å². The molecule has 0 unspecified atom stereocenters. The zero-order valence-electron chi connectivity index (χ0n) is 10.8. The normalized spacial score (nSPS) is 15.1. The molecule has 0 atom stereocenters. The lowest BCUT2D eigenvalue weighted by atomic mass is 9.87. The van der Waals surface area contributed by atoms with Gasteiger partial charge in [0.15, 0.2) is 0 Å². The molecule has 0 amide bonds. The van der Waals surface area contributed by atoms with Gasteiger partial charge >= 0.3 is 0 Å². The van der Waals surface area contributed by atoms with Crippen molar-refractivity contribution in [3.8, 4) is 0 Å². The Kier molecular flexibility index (Phi) is 3.28. The van der Waals surface area contributed by atoms with E-state index in [1.165, 1.54) is 5.56 Å². The molecule has 0 N–H and O–H groups in total. The van der Waals surface area contributed by atoms with E-state index in [2.05, 4.69) is 74.3 Å². The molecule has 0 bridgehead atoms. The molecule has 0 aliphatic heterocycles. The van der Waals surface area contributed by atoms with E-state index < -0.39 is 0 Å². The van der Waals surface area contributed by atoms with Gasteiger partial charge < -0.3 is 0 Å². The van der Waals surface area contributed by atoms with E-state index in [1.54, 1.807) is 0 Å². The Morgan fingerprint density at radius 3 is 2.06 bits per heavy atom. The summed E-state index contributed by atoms with van der Waals surface area (Å²) < 4.78 is 0. The van der Waals surface area contributed by atoms with Gasteiger partial charge in [0.1, 0.15) is 0 Å². The van der Waals surface area contributed by atoms with Gasteiger partial charge in [0.25, 0.3) is 0 Å². The number of hydrogen-bond donors (Lipinski definition) is 0. The maximum absolute atomic E-state index is 4.58. The van der Waals surface area contributed by atoms with E-state index in [0.717, 1.165) is 17.8 Å². The van der Waals surface area contributed by atoms with Crippen molar-refractivity contribution < 1.29 is 0 Å². The lowest BCUT2D eigenvalue weighted by molar-refractivity contribution is 0.590. The van der Waals surface area contributed by atoms with Crippen LogP contribution >= 0.6 is 0 Å². The highest BCUT2D eigenvalue weighted by Crippen LogP contribution is 2.24. The van der Waals surface area contributed by atoms with Crippen molar-refractivity contribution in [3.05, 3.63) is 54.1 Å². The molecule has 0 saturated carbocycles. The minimum Gasteiger partial charge on any atom is -0.249 e. The van der Waals surface area contributed by atoms with Gasteiger partial charge in [-0.1, -0.05) is 45.1 Å². The SMILES string of the molecule is CC(C)(C)c1ccc(N=C2C=CCC=C2)cc1. The van der Waals surface area contributed by atoms with Gasteiger partial charge in [-0.25, -0.2) is 4.99 Å². The topological polar surface area (TPSA) is 12.4 Å². The van der Waals surface area contributed by atoms with Crippen LogP contribution in [0.2, 0.25) is 0 Å². The highest BCUT2D eigenvalue weighted by atomic mass is 14.7. The van der Waals surface area contributed by atoms with E-state index in [1.807, 2.05) is 0 Å². The third kappa shape index (κ3) is 3.16. The summed E-state index contributed by atoms with van der Waals surface area (Å²) in [7, 11) is 0. The summed E-state index contributed by atoms with van der Waals surface area (Å²) in [5.41, 5.74) is 3.59. The largest absolute Gasteiger partial charge is 0.249 e. The number of allylic oxidation sites excluding steroid dienone is 4. The van der Waals surface area contributed by atoms with Crippen LogP contribution in [0.25, 0.3) is 0 Å². The first-order valence-electron chi connectivity index (χ1n) is 6.08. The maximum Gasteiger partial charge on any atom is 0.0637 e. The first-order chi connectivity index (χ1) is 8.05. The number of aliphatic imine (C=N–C) groups is 1. The molecule has 0 fully saturated rings. The van der Waals surface area contributed by atoms with Crippen molar-refractivity contribution >= 4 is 11.4 Å². The molecule has 88 valence electrons. The summed E-state index contributed by atoms with van der Waals surface area (Å²) in [6, 6.07) is 8.50. The molecule has 0 heterocycles. The molecular formula is C16H19N. The second-order valence-electron chi connectivity index (χ2n) is 5.37. The van der Waals surface area contributed by atoms with Crippen molar-refractivity contribution in [2.24, 2.45) is 4.99 Å². The number of nitrogens with zero attached hydrogens (tertiary/aromatic N) is 1. The molecule has 1 nitrogen and oxygen atoms in total. The summed E-state index contributed by atoms with van der Waals surface area (Å²) in [5, 5.41) is 0. The monoisotopic (exact) mass is 225 g/mol. The first kappa shape index (κ1) is 11.8. The minimum absolute atomic E-state index is 0.205. The lowest BCUT2D eigenvalue weighted by Crippen LogP contribution is -2.10. The van der Waals surface area contributed by atoms with E-state index in [9.17, 15) is 0 Å². The van der Waals surface area contributed by atoms with E-state index in [-0.39, 0.29) is 5.41 Å². The Balaban J connectivity index is 2.21.